The van der Waals surface area contributed by atoms with E-state index in [4.69, 9.17) is 34.8 Å². The molecule has 0 aliphatic rings. The van der Waals surface area contributed by atoms with Crippen molar-refractivity contribution in [1.82, 2.24) is 15.0 Å². The van der Waals surface area contributed by atoms with Crippen molar-refractivity contribution >= 4 is 34.8 Å². The fraction of sp³-hybridized carbons (Fsp3) is 0.778. The smallest absolute Gasteiger partial charge is 0.234 e. The van der Waals surface area contributed by atoms with Gasteiger partial charge in [-0.15, -0.1) is 5.10 Å². The lowest BCUT2D eigenvalue weighted by molar-refractivity contribution is 0.602. The van der Waals surface area contributed by atoms with Crippen LogP contribution in [0.4, 0.5) is 0 Å². The van der Waals surface area contributed by atoms with Crippen LogP contribution in [0.2, 0.25) is 0 Å². The summed E-state index contributed by atoms with van der Waals surface area (Å²) < 4.78 is 0.175. The van der Waals surface area contributed by atoms with Gasteiger partial charge in [-0.1, -0.05) is 53.9 Å². The van der Waals surface area contributed by atoms with Gasteiger partial charge in [-0.25, -0.2) is 4.68 Å². The van der Waals surface area contributed by atoms with Crippen molar-refractivity contribution in [3.05, 3.63) is 11.4 Å². The zero-order valence-electron chi connectivity index (χ0n) is 8.97. The molecule has 0 N–H and O–H groups in total. The normalized spacial score (nSPS) is 12.5. The maximum Gasteiger partial charge on any atom is 0.234 e. The van der Waals surface area contributed by atoms with Crippen LogP contribution in [0.25, 0.3) is 0 Å². The lowest BCUT2D eigenvalue weighted by Gasteiger charge is -2.14. The van der Waals surface area contributed by atoms with E-state index >= 15 is 0 Å². The maximum absolute atomic E-state index is 5.90. The third-order valence-corrected chi connectivity index (χ3v) is 2.51. The van der Waals surface area contributed by atoms with Gasteiger partial charge in [0.05, 0.1) is 5.69 Å². The molecule has 0 aromatic carbocycles. The Labute approximate surface area is 105 Å². The molecule has 0 aliphatic heterocycles. The summed E-state index contributed by atoms with van der Waals surface area (Å²) in [6.45, 7) is 6.77. The highest BCUT2D eigenvalue weighted by molar-refractivity contribution is 6.66. The van der Waals surface area contributed by atoms with Crippen molar-refractivity contribution in [2.24, 2.45) is 5.92 Å². The Balaban J connectivity index is 3.12. The highest BCUT2D eigenvalue weighted by atomic mass is 35.6. The van der Waals surface area contributed by atoms with Crippen molar-refractivity contribution in [2.75, 3.05) is 0 Å². The molecule has 0 unspecified atom stereocenters. The van der Waals surface area contributed by atoms with Crippen LogP contribution in [0.5, 0.6) is 0 Å². The number of aryl methyl sites for hydroxylation is 1. The first-order chi connectivity index (χ1) is 6.86. The van der Waals surface area contributed by atoms with Gasteiger partial charge in [0.1, 0.15) is 5.69 Å². The molecule has 15 heavy (non-hydrogen) atoms. The van der Waals surface area contributed by atoms with Crippen molar-refractivity contribution in [3.8, 4) is 0 Å². The van der Waals surface area contributed by atoms with E-state index in [2.05, 4.69) is 24.2 Å². The quantitative estimate of drug-likeness (QED) is 0.789. The lowest BCUT2D eigenvalue weighted by Crippen LogP contribution is -2.14. The van der Waals surface area contributed by atoms with E-state index in [1.165, 1.54) is 0 Å². The molecule has 0 amide bonds. The molecular weight excluding hydrogens is 256 g/mol. The lowest BCUT2D eigenvalue weighted by atomic mass is 10.1. The molecule has 86 valence electrons. The largest absolute Gasteiger partial charge is 0.245 e. The van der Waals surface area contributed by atoms with Crippen LogP contribution in [0.3, 0.4) is 0 Å². The molecular formula is C9H14Cl3N3. The summed E-state index contributed by atoms with van der Waals surface area (Å²) in [6.07, 6.45) is 0.767. The van der Waals surface area contributed by atoms with E-state index in [-0.39, 0.29) is 0 Å². The molecule has 1 rings (SSSR count). The monoisotopic (exact) mass is 269 g/mol. The van der Waals surface area contributed by atoms with Crippen LogP contribution in [0.1, 0.15) is 32.2 Å². The average Bonchev–Trinajstić information content (AvgIpc) is 2.45. The molecule has 3 nitrogen and oxygen atoms in total. The highest BCUT2D eigenvalue weighted by Gasteiger charge is 2.32. The molecule has 0 spiro atoms. The van der Waals surface area contributed by atoms with Crippen molar-refractivity contribution < 1.29 is 0 Å². The zero-order valence-corrected chi connectivity index (χ0v) is 11.2. The second kappa shape index (κ2) is 4.89. The third kappa shape index (κ3) is 3.23. The van der Waals surface area contributed by atoms with Gasteiger partial charge in [0.25, 0.3) is 0 Å². The van der Waals surface area contributed by atoms with Gasteiger partial charge in [0.2, 0.25) is 3.79 Å². The van der Waals surface area contributed by atoms with E-state index in [0.29, 0.717) is 18.2 Å². The molecule has 0 saturated carbocycles. The first kappa shape index (κ1) is 13.1. The molecule has 6 heteroatoms. The number of aromatic nitrogens is 3. The Morgan fingerprint density at radius 3 is 2.33 bits per heavy atom. The second-order valence-electron chi connectivity index (χ2n) is 3.80. The van der Waals surface area contributed by atoms with E-state index in [0.717, 1.165) is 12.1 Å². The highest BCUT2D eigenvalue weighted by Crippen LogP contribution is 2.39. The topological polar surface area (TPSA) is 30.7 Å². The van der Waals surface area contributed by atoms with E-state index in [1.54, 1.807) is 4.68 Å². The van der Waals surface area contributed by atoms with Crippen LogP contribution >= 0.6 is 34.8 Å². The molecule has 0 bridgehead atoms. The Morgan fingerprint density at radius 1 is 1.33 bits per heavy atom. The van der Waals surface area contributed by atoms with Gasteiger partial charge < -0.3 is 0 Å². The number of hydrogen-bond acceptors (Lipinski definition) is 2. The number of halogens is 3. The standard InChI is InChI=1S/C9H14Cl3N3/c1-4-15-8(9(10,11)12)7(13-14-15)5-6(2)3/h6H,4-5H2,1-3H3. The van der Waals surface area contributed by atoms with Gasteiger partial charge in [0, 0.05) is 6.54 Å². The summed E-state index contributed by atoms with van der Waals surface area (Å²) in [7, 11) is 0. The first-order valence-corrected chi connectivity index (χ1v) is 5.99. The summed E-state index contributed by atoms with van der Waals surface area (Å²) >= 11 is 17.7. The average molecular weight is 271 g/mol. The van der Waals surface area contributed by atoms with E-state index in [9.17, 15) is 0 Å². The molecule has 0 fully saturated rings. The van der Waals surface area contributed by atoms with Gasteiger partial charge >= 0.3 is 0 Å². The van der Waals surface area contributed by atoms with Crippen molar-refractivity contribution in [2.45, 2.75) is 37.5 Å². The summed E-state index contributed by atoms with van der Waals surface area (Å²) in [5.41, 5.74) is 1.36. The minimum absolute atomic E-state index is 0.457. The summed E-state index contributed by atoms with van der Waals surface area (Å²) in [6, 6.07) is 0. The van der Waals surface area contributed by atoms with Crippen LogP contribution in [0.15, 0.2) is 0 Å². The van der Waals surface area contributed by atoms with Gasteiger partial charge in [-0.3, -0.25) is 0 Å². The first-order valence-electron chi connectivity index (χ1n) is 4.85. The Morgan fingerprint density at radius 2 is 1.93 bits per heavy atom. The van der Waals surface area contributed by atoms with Crippen molar-refractivity contribution in [3.63, 3.8) is 0 Å². The van der Waals surface area contributed by atoms with Crippen LogP contribution in [-0.2, 0) is 16.8 Å². The molecule has 1 heterocycles. The summed E-state index contributed by atoms with van der Waals surface area (Å²) in [5.74, 6) is 0.457. The predicted octanol–water partition coefficient (Wildman–Crippen LogP) is 3.32. The van der Waals surface area contributed by atoms with Gasteiger partial charge in [-0.2, -0.15) is 0 Å². The number of alkyl halides is 3. The molecule has 1 aromatic heterocycles. The Bertz CT molecular complexity index is 328. The molecule has 0 atom stereocenters. The minimum atomic E-state index is -1.45. The van der Waals surface area contributed by atoms with Gasteiger partial charge in [0.15, 0.2) is 0 Å². The summed E-state index contributed by atoms with van der Waals surface area (Å²) in [5, 5.41) is 8.02. The second-order valence-corrected chi connectivity index (χ2v) is 6.08. The summed E-state index contributed by atoms with van der Waals surface area (Å²) in [4.78, 5) is 0. The van der Waals surface area contributed by atoms with E-state index in [1.807, 2.05) is 6.92 Å². The minimum Gasteiger partial charge on any atom is -0.245 e. The SMILES string of the molecule is CCn1nnc(CC(C)C)c1C(Cl)(Cl)Cl. The van der Waals surface area contributed by atoms with Crippen LogP contribution in [-0.4, -0.2) is 15.0 Å². The van der Waals surface area contributed by atoms with Gasteiger partial charge in [-0.05, 0) is 19.3 Å². The zero-order chi connectivity index (χ0) is 11.6. The molecule has 1 aromatic rings. The third-order valence-electron chi connectivity index (χ3n) is 1.97. The fourth-order valence-electron chi connectivity index (χ4n) is 1.40. The number of rotatable bonds is 3. The fourth-order valence-corrected chi connectivity index (χ4v) is 2.02. The molecule has 0 radical (unpaired) electrons. The Kier molecular flexibility index (Phi) is 4.27. The van der Waals surface area contributed by atoms with Crippen molar-refractivity contribution in [1.29, 1.82) is 0 Å². The molecule has 0 aliphatic carbocycles. The van der Waals surface area contributed by atoms with Crippen LogP contribution < -0.4 is 0 Å². The van der Waals surface area contributed by atoms with E-state index < -0.39 is 3.79 Å². The number of hydrogen-bond donors (Lipinski definition) is 0. The predicted molar refractivity (Wildman–Crippen MR) is 63.5 cm³/mol. The Hall–Kier alpha value is 0.01000. The maximum atomic E-state index is 5.90. The van der Waals surface area contributed by atoms with Crippen LogP contribution in [0, 0.1) is 5.92 Å². The number of nitrogens with zero attached hydrogens (tertiary/aromatic N) is 3. The molecule has 0 saturated heterocycles.